The van der Waals surface area contributed by atoms with Crippen LogP contribution in [0.5, 0.6) is 0 Å². The Morgan fingerprint density at radius 1 is 1.03 bits per heavy atom. The molecule has 0 aliphatic rings. The summed E-state index contributed by atoms with van der Waals surface area (Å²) in [7, 11) is 1.88. The molecule has 7 rings (SSSR count). The summed E-state index contributed by atoms with van der Waals surface area (Å²) in [6, 6.07) is 16.2. The number of thiazole rings is 1. The van der Waals surface area contributed by atoms with Crippen LogP contribution in [0.25, 0.3) is 37.3 Å². The third-order valence-corrected chi connectivity index (χ3v) is 7.59. The molecule has 194 valence electrons. The predicted molar refractivity (Wildman–Crippen MR) is 149 cm³/mol. The number of nitrogens with one attached hydrogen (secondary N) is 1. The van der Waals surface area contributed by atoms with Crippen LogP contribution in [0.3, 0.4) is 0 Å². The van der Waals surface area contributed by atoms with E-state index in [1.165, 1.54) is 21.6 Å². The molecule has 1 N–H and O–H groups in total. The monoisotopic (exact) mass is 556 g/mol. The van der Waals surface area contributed by atoms with E-state index >= 15 is 0 Å². The van der Waals surface area contributed by atoms with Crippen LogP contribution >= 0.6 is 11.3 Å². The molecule has 0 bridgehead atoms. The zero-order valence-corrected chi connectivity index (χ0v) is 22.1. The molecule has 0 spiro atoms. The van der Waals surface area contributed by atoms with Crippen LogP contribution in [0.15, 0.2) is 78.2 Å². The zero-order chi connectivity index (χ0) is 26.9. The number of H-pyrrole nitrogens is 1. The second kappa shape index (κ2) is 10.2. The quantitative estimate of drug-likeness (QED) is 0.344. The Hall–Kier alpha value is -4.75. The van der Waals surface area contributed by atoms with Gasteiger partial charge in [0, 0.05) is 30.4 Å². The van der Waals surface area contributed by atoms with Gasteiger partial charge in [0.25, 0.3) is 5.56 Å². The van der Waals surface area contributed by atoms with Crippen LogP contribution in [-0.2, 0) is 31.6 Å². The molecule has 0 saturated heterocycles. The van der Waals surface area contributed by atoms with Crippen LogP contribution in [0.2, 0.25) is 0 Å². The van der Waals surface area contributed by atoms with Crippen molar-refractivity contribution in [2.45, 2.75) is 13.0 Å². The summed E-state index contributed by atoms with van der Waals surface area (Å²) in [6.45, 7) is 0.363. The third kappa shape index (κ3) is 4.47. The van der Waals surface area contributed by atoms with Gasteiger partial charge in [-0.2, -0.15) is 18.6 Å². The van der Waals surface area contributed by atoms with Gasteiger partial charge in [-0.25, -0.2) is 14.6 Å². The summed E-state index contributed by atoms with van der Waals surface area (Å²) in [4.78, 5) is 22.9. The number of benzene rings is 2. The number of fused-ring (bicyclic) bond motifs is 4. The third-order valence-electron chi connectivity index (χ3n) is 6.49. The highest BCUT2D eigenvalue weighted by atomic mass is 32.1. The maximum atomic E-state index is 13.4. The maximum Gasteiger partial charge on any atom is 0.335 e. The zero-order valence-electron chi connectivity index (χ0n) is 20.5. The van der Waals surface area contributed by atoms with E-state index in [0.717, 1.165) is 49.4 Å². The number of hydrogen-bond acceptors (Lipinski definition) is 8. The van der Waals surface area contributed by atoms with Gasteiger partial charge in [-0.15, -0.1) is 0 Å². The number of aromatic nitrogens is 8. The highest BCUT2D eigenvalue weighted by molar-refractivity contribution is 7.51. The van der Waals surface area contributed by atoms with Crippen LogP contribution in [0.4, 0.5) is 0 Å². The Morgan fingerprint density at radius 2 is 1.85 bits per heavy atom. The topological polar surface area (TPSA) is 133 Å². The van der Waals surface area contributed by atoms with Crippen molar-refractivity contribution in [2.75, 3.05) is 0 Å². The highest BCUT2D eigenvalue weighted by Crippen LogP contribution is 2.32. The van der Waals surface area contributed by atoms with E-state index in [1.54, 1.807) is 18.7 Å². The fraction of sp³-hybridized carbons (Fsp3) is 0.115. The van der Waals surface area contributed by atoms with E-state index in [1.807, 2.05) is 58.8 Å². The lowest BCUT2D eigenvalue weighted by atomic mass is 10.1. The molecule has 0 amide bonds. The molecule has 0 saturated carbocycles. The highest BCUT2D eigenvalue weighted by Gasteiger charge is 2.19. The minimum atomic E-state index is -0.750. The first-order valence-electron chi connectivity index (χ1n) is 11.8. The summed E-state index contributed by atoms with van der Waals surface area (Å²) in [6.07, 6.45) is 8.11. The number of imidazole rings is 1. The Kier molecular flexibility index (Phi) is 6.42. The minimum Gasteiger partial charge on any atom is -0.323 e. The molecule has 11 nitrogen and oxygen atoms in total. The van der Waals surface area contributed by atoms with E-state index in [4.69, 9.17) is 13.4 Å². The second-order valence-corrected chi connectivity index (χ2v) is 9.94. The average Bonchev–Trinajstić information content (AvgIpc) is 3.73. The number of hydrogen-bond donors (Lipinski definition) is 1. The summed E-state index contributed by atoms with van der Waals surface area (Å²) >= 11 is 0.782. The lowest BCUT2D eigenvalue weighted by Gasteiger charge is -2.07. The van der Waals surface area contributed by atoms with E-state index in [2.05, 4.69) is 32.4 Å². The van der Waals surface area contributed by atoms with E-state index in [9.17, 15) is 4.79 Å². The number of nitrogens with zero attached hydrogens (tertiary/aromatic N) is 7. The molecule has 7 aromatic rings. The fourth-order valence-corrected chi connectivity index (χ4v) is 5.75. The molecular weight excluding hydrogens is 536 g/mol. The van der Waals surface area contributed by atoms with Crippen molar-refractivity contribution >= 4 is 55.1 Å². The van der Waals surface area contributed by atoms with Gasteiger partial charge in [-0.1, -0.05) is 53.8 Å². The van der Waals surface area contributed by atoms with Gasteiger partial charge in [-0.05, 0) is 17.2 Å². The summed E-state index contributed by atoms with van der Waals surface area (Å²) in [5, 5.41) is 14.2. The van der Waals surface area contributed by atoms with Gasteiger partial charge in [0.1, 0.15) is 11.8 Å². The largest absolute Gasteiger partial charge is 0.335 e. The molecule has 0 aliphatic carbocycles. The molecule has 0 fully saturated rings. The van der Waals surface area contributed by atoms with Crippen molar-refractivity contribution in [2.24, 2.45) is 7.05 Å². The van der Waals surface area contributed by atoms with Gasteiger partial charge < -0.3 is 4.57 Å². The molecule has 0 unspecified atom stereocenters. The molecule has 5 heterocycles. The average molecular weight is 557 g/mol. The Labute approximate surface area is 228 Å². The molecule has 5 aromatic heterocycles. The van der Waals surface area contributed by atoms with Gasteiger partial charge in [0.2, 0.25) is 0 Å². The maximum absolute atomic E-state index is 13.4. The van der Waals surface area contributed by atoms with Crippen molar-refractivity contribution in [1.29, 1.82) is 0 Å². The standard InChI is InChI=1S/C26H20N8OS.O2S/c1-32-22-20(12-29-34(25(22)35)13-17-8-5-9-21-19(17)11-28-31-21)23-24(32)30-26(36-23)33-14-18(27-15-33)10-16-6-3-2-4-7-16;1-3-2/h2-9,11-12,14-15H,10,13H2,1H3,(H,28,31);. The minimum absolute atomic E-state index is 0.143. The van der Waals surface area contributed by atoms with E-state index in [0.29, 0.717) is 12.1 Å². The van der Waals surface area contributed by atoms with Gasteiger partial charge in [-0.3, -0.25) is 14.5 Å². The fourth-order valence-electron chi connectivity index (χ4n) is 4.69. The first-order valence-corrected chi connectivity index (χ1v) is 13.3. The summed E-state index contributed by atoms with van der Waals surface area (Å²) in [5.74, 6) is 0. The van der Waals surface area contributed by atoms with E-state index in [-0.39, 0.29) is 5.56 Å². The molecule has 39 heavy (non-hydrogen) atoms. The van der Waals surface area contributed by atoms with Gasteiger partial charge >= 0.3 is 11.6 Å². The van der Waals surface area contributed by atoms with Crippen molar-refractivity contribution in [3.63, 3.8) is 0 Å². The Morgan fingerprint density at radius 3 is 2.67 bits per heavy atom. The van der Waals surface area contributed by atoms with Crippen LogP contribution in [0, 0.1) is 0 Å². The Bertz CT molecular complexity index is 2050. The van der Waals surface area contributed by atoms with Crippen LogP contribution in [-0.4, -0.2) is 47.5 Å². The number of rotatable bonds is 5. The van der Waals surface area contributed by atoms with Crippen molar-refractivity contribution < 1.29 is 8.42 Å². The van der Waals surface area contributed by atoms with Crippen molar-refractivity contribution in [3.8, 4) is 5.13 Å². The Balaban J connectivity index is 0.000000883. The first kappa shape index (κ1) is 24.6. The number of aryl methyl sites for hydroxylation is 1. The molecule has 13 heteroatoms. The SMILES string of the molecule is Cn1c2nc(-n3cnc(Cc4ccccc4)c3)sc2c2cnn(Cc3cccc4[nH]ncc34)c(=O)c21.O=S=O. The predicted octanol–water partition coefficient (Wildman–Crippen LogP) is 3.38. The van der Waals surface area contributed by atoms with Crippen LogP contribution in [0.1, 0.15) is 16.8 Å². The van der Waals surface area contributed by atoms with Gasteiger partial charge in [0.15, 0.2) is 10.8 Å². The lowest BCUT2D eigenvalue weighted by molar-refractivity contribution is 0.630. The second-order valence-electron chi connectivity index (χ2n) is 8.83. The van der Waals surface area contributed by atoms with Gasteiger partial charge in [0.05, 0.1) is 34.8 Å². The molecular formula is C26H20N8O3S2. The summed E-state index contributed by atoms with van der Waals surface area (Å²) in [5.41, 5.74) is 5.32. The molecule has 0 radical (unpaired) electrons. The molecule has 0 atom stereocenters. The van der Waals surface area contributed by atoms with Crippen molar-refractivity contribution in [1.82, 2.24) is 39.1 Å². The molecule has 2 aromatic carbocycles. The summed E-state index contributed by atoms with van der Waals surface area (Å²) < 4.78 is 22.8. The number of aromatic amines is 1. The van der Waals surface area contributed by atoms with E-state index < -0.39 is 11.6 Å². The lowest BCUT2D eigenvalue weighted by Crippen LogP contribution is -2.24. The molecule has 0 aliphatic heterocycles. The van der Waals surface area contributed by atoms with Crippen molar-refractivity contribution in [3.05, 3.63) is 101 Å². The normalized spacial score (nSPS) is 11.2. The first-order chi connectivity index (χ1) is 19.1. The smallest absolute Gasteiger partial charge is 0.323 e. The van der Waals surface area contributed by atoms with Crippen LogP contribution < -0.4 is 5.56 Å².